The molecule has 1 amide bonds. The molecule has 2 rings (SSSR count). The molecule has 100 valence electrons. The maximum Gasteiger partial charge on any atom is 0.227 e. The summed E-state index contributed by atoms with van der Waals surface area (Å²) < 4.78 is 0.709. The Balaban J connectivity index is 2.04. The number of thiazole rings is 1. The van der Waals surface area contributed by atoms with Gasteiger partial charge in [-0.25, -0.2) is 0 Å². The number of aryl methyl sites for hydroxylation is 1. The van der Waals surface area contributed by atoms with Crippen LogP contribution in [-0.2, 0) is 11.2 Å². The van der Waals surface area contributed by atoms with E-state index < -0.39 is 5.60 Å². The summed E-state index contributed by atoms with van der Waals surface area (Å²) in [5.41, 5.74) is 0.232. The molecule has 4 nitrogen and oxygen atoms in total. The number of likely N-dealkylation sites (tertiary alicyclic amines) is 1. The van der Waals surface area contributed by atoms with Crippen molar-refractivity contribution in [3.05, 3.63) is 14.5 Å². The number of carbonyl (C=O) groups is 1. The van der Waals surface area contributed by atoms with Crippen LogP contribution in [0.1, 0.15) is 30.3 Å². The van der Waals surface area contributed by atoms with Crippen LogP contribution in [0, 0.1) is 10.9 Å². The van der Waals surface area contributed by atoms with Crippen LogP contribution in [0.5, 0.6) is 0 Å². The van der Waals surface area contributed by atoms with Gasteiger partial charge < -0.3 is 15.0 Å². The Morgan fingerprint density at radius 2 is 2.39 bits per heavy atom. The van der Waals surface area contributed by atoms with Crippen LogP contribution in [-0.4, -0.2) is 39.6 Å². The first-order valence-electron chi connectivity index (χ1n) is 6.06. The van der Waals surface area contributed by atoms with Gasteiger partial charge in [0, 0.05) is 23.7 Å². The number of aromatic amines is 1. The van der Waals surface area contributed by atoms with Crippen LogP contribution in [0.4, 0.5) is 0 Å². The van der Waals surface area contributed by atoms with E-state index in [0.717, 1.165) is 30.0 Å². The fourth-order valence-corrected chi connectivity index (χ4v) is 3.57. The third-order valence-corrected chi connectivity index (χ3v) is 4.60. The molecule has 0 saturated carbocycles. The van der Waals surface area contributed by atoms with Gasteiger partial charge in [-0.1, -0.05) is 0 Å². The minimum absolute atomic E-state index is 0.0725. The average Bonchev–Trinajstić information content (AvgIpc) is 2.56. The minimum atomic E-state index is -0.742. The third-order valence-electron chi connectivity index (χ3n) is 3.26. The fourth-order valence-electron chi connectivity index (χ4n) is 2.29. The lowest BCUT2D eigenvalue weighted by molar-refractivity contribution is -0.136. The van der Waals surface area contributed by atoms with Crippen LogP contribution in [0.2, 0.25) is 0 Å². The van der Waals surface area contributed by atoms with Crippen molar-refractivity contribution in [2.24, 2.45) is 0 Å². The molecule has 0 spiro atoms. The third kappa shape index (κ3) is 3.18. The van der Waals surface area contributed by atoms with Gasteiger partial charge >= 0.3 is 0 Å². The molecule has 1 aromatic rings. The standard InChI is InChI=1S/C12H18N2O2S2/c1-8-9(18-11(17)13-8)6-10(15)14-5-3-4-12(2,16)7-14/h16H,3-7H2,1-2H3,(H,13,17). The van der Waals surface area contributed by atoms with Crippen molar-refractivity contribution >= 4 is 29.5 Å². The number of hydrogen-bond acceptors (Lipinski definition) is 4. The summed E-state index contributed by atoms with van der Waals surface area (Å²) in [7, 11) is 0. The van der Waals surface area contributed by atoms with Crippen molar-refractivity contribution in [2.45, 2.75) is 38.7 Å². The number of piperidine rings is 1. The van der Waals surface area contributed by atoms with Crippen molar-refractivity contribution < 1.29 is 9.90 Å². The number of amides is 1. The van der Waals surface area contributed by atoms with E-state index in [-0.39, 0.29) is 5.91 Å². The first kappa shape index (κ1) is 13.7. The van der Waals surface area contributed by atoms with E-state index in [1.54, 1.807) is 11.8 Å². The van der Waals surface area contributed by atoms with Gasteiger partial charge in [-0.3, -0.25) is 4.79 Å². The van der Waals surface area contributed by atoms with Crippen molar-refractivity contribution in [2.75, 3.05) is 13.1 Å². The summed E-state index contributed by atoms with van der Waals surface area (Å²) in [5, 5.41) is 10.0. The Bertz CT molecular complexity index is 504. The largest absolute Gasteiger partial charge is 0.388 e. The smallest absolute Gasteiger partial charge is 0.227 e. The van der Waals surface area contributed by atoms with Crippen LogP contribution in [0.25, 0.3) is 0 Å². The maximum absolute atomic E-state index is 12.2. The first-order valence-corrected chi connectivity index (χ1v) is 7.29. The summed E-state index contributed by atoms with van der Waals surface area (Å²) in [4.78, 5) is 18.0. The molecule has 0 bridgehead atoms. The van der Waals surface area contributed by atoms with Crippen molar-refractivity contribution in [3.8, 4) is 0 Å². The highest BCUT2D eigenvalue weighted by atomic mass is 32.1. The number of hydrogen-bond donors (Lipinski definition) is 2. The summed E-state index contributed by atoms with van der Waals surface area (Å²) in [6, 6.07) is 0. The zero-order chi connectivity index (χ0) is 13.3. The summed E-state index contributed by atoms with van der Waals surface area (Å²) >= 11 is 6.52. The molecule has 6 heteroatoms. The molecule has 1 unspecified atom stereocenters. The van der Waals surface area contributed by atoms with E-state index >= 15 is 0 Å². The quantitative estimate of drug-likeness (QED) is 0.818. The molecule has 2 heterocycles. The minimum Gasteiger partial charge on any atom is -0.388 e. The van der Waals surface area contributed by atoms with Gasteiger partial charge in [0.25, 0.3) is 0 Å². The normalized spacial score (nSPS) is 24.3. The van der Waals surface area contributed by atoms with Gasteiger partial charge in [0.15, 0.2) is 3.95 Å². The SMILES string of the molecule is Cc1[nH]c(=S)sc1CC(=O)N1CCCC(C)(O)C1. The number of β-amino-alcohol motifs (C(OH)–C–C–N with tert-alkyl or cyclic N) is 1. The van der Waals surface area contributed by atoms with E-state index in [2.05, 4.69) is 4.98 Å². The van der Waals surface area contributed by atoms with Crippen LogP contribution in [0.15, 0.2) is 0 Å². The summed E-state index contributed by atoms with van der Waals surface area (Å²) in [6.45, 7) is 4.89. The Labute approximate surface area is 116 Å². The molecule has 1 atom stereocenters. The Hall–Kier alpha value is -0.720. The number of H-pyrrole nitrogens is 1. The zero-order valence-electron chi connectivity index (χ0n) is 10.7. The van der Waals surface area contributed by atoms with Gasteiger partial charge in [-0.15, -0.1) is 11.3 Å². The molecule has 1 aliphatic heterocycles. The molecule has 1 aromatic heterocycles. The maximum atomic E-state index is 12.2. The van der Waals surface area contributed by atoms with Gasteiger partial charge in [0.2, 0.25) is 5.91 Å². The van der Waals surface area contributed by atoms with Crippen molar-refractivity contribution in [3.63, 3.8) is 0 Å². The first-order chi connectivity index (χ1) is 8.37. The second-order valence-corrected chi connectivity index (χ2v) is 6.93. The molecule has 0 aliphatic carbocycles. The highest BCUT2D eigenvalue weighted by Gasteiger charge is 2.31. The van der Waals surface area contributed by atoms with Gasteiger partial charge in [0.05, 0.1) is 12.0 Å². The fraction of sp³-hybridized carbons (Fsp3) is 0.667. The highest BCUT2D eigenvalue weighted by molar-refractivity contribution is 7.73. The average molecular weight is 286 g/mol. The molecule has 18 heavy (non-hydrogen) atoms. The van der Waals surface area contributed by atoms with E-state index in [4.69, 9.17) is 12.2 Å². The van der Waals surface area contributed by atoms with Crippen LogP contribution in [0.3, 0.4) is 0 Å². The summed E-state index contributed by atoms with van der Waals surface area (Å²) in [6.07, 6.45) is 2.00. The van der Waals surface area contributed by atoms with Gasteiger partial charge in [-0.05, 0) is 38.9 Å². The Morgan fingerprint density at radius 1 is 1.67 bits per heavy atom. The second kappa shape index (κ2) is 5.11. The van der Waals surface area contributed by atoms with E-state index in [0.29, 0.717) is 16.9 Å². The monoisotopic (exact) mass is 286 g/mol. The van der Waals surface area contributed by atoms with E-state index in [9.17, 15) is 9.90 Å². The number of aliphatic hydroxyl groups is 1. The van der Waals surface area contributed by atoms with Gasteiger partial charge in [-0.2, -0.15) is 0 Å². The molecular weight excluding hydrogens is 268 g/mol. The topological polar surface area (TPSA) is 56.3 Å². The highest BCUT2D eigenvalue weighted by Crippen LogP contribution is 2.22. The number of nitrogens with zero attached hydrogens (tertiary/aromatic N) is 1. The molecule has 0 aromatic carbocycles. The Kier molecular flexibility index (Phi) is 3.89. The van der Waals surface area contributed by atoms with E-state index in [1.807, 2.05) is 6.92 Å². The molecule has 1 saturated heterocycles. The molecule has 2 N–H and O–H groups in total. The number of nitrogens with one attached hydrogen (secondary N) is 1. The van der Waals surface area contributed by atoms with Crippen LogP contribution >= 0.6 is 23.6 Å². The predicted octanol–water partition coefficient (Wildman–Crippen LogP) is 2.03. The molecule has 0 radical (unpaired) electrons. The zero-order valence-corrected chi connectivity index (χ0v) is 12.3. The van der Waals surface area contributed by atoms with Gasteiger partial charge in [0.1, 0.15) is 0 Å². The lowest BCUT2D eigenvalue weighted by Crippen LogP contribution is -2.49. The van der Waals surface area contributed by atoms with Crippen molar-refractivity contribution in [1.82, 2.24) is 9.88 Å². The Morgan fingerprint density at radius 3 is 2.94 bits per heavy atom. The molecule has 1 fully saturated rings. The molecular formula is C12H18N2O2S2. The second-order valence-electron chi connectivity index (χ2n) is 5.16. The van der Waals surface area contributed by atoms with E-state index in [1.165, 1.54) is 11.3 Å². The molecule has 1 aliphatic rings. The predicted molar refractivity (Wildman–Crippen MR) is 74.4 cm³/mol. The van der Waals surface area contributed by atoms with Crippen molar-refractivity contribution in [1.29, 1.82) is 0 Å². The lowest BCUT2D eigenvalue weighted by Gasteiger charge is -2.36. The number of carbonyl (C=O) groups excluding carboxylic acids is 1. The lowest BCUT2D eigenvalue weighted by atomic mass is 9.95. The number of rotatable bonds is 2. The number of aromatic nitrogens is 1. The summed E-state index contributed by atoms with van der Waals surface area (Å²) in [5.74, 6) is 0.0725. The van der Waals surface area contributed by atoms with Crippen LogP contribution < -0.4 is 0 Å².